The van der Waals surface area contributed by atoms with Gasteiger partial charge in [-0.3, -0.25) is 0 Å². The molecule has 1 aliphatic rings. The summed E-state index contributed by atoms with van der Waals surface area (Å²) in [7, 11) is 0. The molecule has 0 bridgehead atoms. The Morgan fingerprint density at radius 1 is 1.00 bits per heavy atom. The molecule has 0 radical (unpaired) electrons. The fraction of sp³-hybridized carbons (Fsp3) is 0.316. The molecule has 3 rings (SSSR count). The lowest BCUT2D eigenvalue weighted by atomic mass is 9.88. The Morgan fingerprint density at radius 2 is 1.67 bits per heavy atom. The van der Waals surface area contributed by atoms with Gasteiger partial charge >= 0.3 is 6.18 Å². The molecule has 0 heterocycles. The summed E-state index contributed by atoms with van der Waals surface area (Å²) < 4.78 is 39.1. The van der Waals surface area contributed by atoms with E-state index in [1.54, 1.807) is 0 Å². The lowest BCUT2D eigenvalue weighted by Crippen LogP contribution is -2.45. The molecule has 1 aliphatic carbocycles. The molecule has 1 saturated carbocycles. The van der Waals surface area contributed by atoms with Crippen molar-refractivity contribution in [1.29, 1.82) is 0 Å². The quantitative estimate of drug-likeness (QED) is 0.523. The maximum absolute atomic E-state index is 13.0. The van der Waals surface area contributed by atoms with Gasteiger partial charge < -0.3 is 10.6 Å². The summed E-state index contributed by atoms with van der Waals surface area (Å²) in [5.74, 6) is 0. The second-order valence-electron chi connectivity index (χ2n) is 6.54. The van der Waals surface area contributed by atoms with Crippen LogP contribution in [-0.2, 0) is 11.7 Å². The van der Waals surface area contributed by atoms with Crippen LogP contribution in [0.1, 0.15) is 36.8 Å². The van der Waals surface area contributed by atoms with Crippen molar-refractivity contribution in [3.8, 4) is 0 Å². The van der Waals surface area contributed by atoms with E-state index in [1.807, 2.05) is 24.3 Å². The molecule has 0 aliphatic heterocycles. The minimum atomic E-state index is -4.53. The van der Waals surface area contributed by atoms with E-state index in [2.05, 4.69) is 10.6 Å². The van der Waals surface area contributed by atoms with Crippen LogP contribution in [-0.4, -0.2) is 5.11 Å². The molecule has 0 spiro atoms. The third-order valence-corrected chi connectivity index (χ3v) is 5.59. The topological polar surface area (TPSA) is 24.1 Å². The van der Waals surface area contributed by atoms with Crippen molar-refractivity contribution in [1.82, 2.24) is 5.32 Å². The molecule has 0 atom stereocenters. The van der Waals surface area contributed by atoms with Crippen LogP contribution in [0.15, 0.2) is 42.5 Å². The Hall–Kier alpha value is -1.50. The molecule has 1 fully saturated rings. The Bertz CT molecular complexity index is 849. The van der Waals surface area contributed by atoms with E-state index in [0.717, 1.165) is 37.3 Å². The lowest BCUT2D eigenvalue weighted by Gasteiger charge is -2.33. The van der Waals surface area contributed by atoms with Gasteiger partial charge in [-0.1, -0.05) is 54.2 Å². The first-order valence-electron chi connectivity index (χ1n) is 8.42. The zero-order valence-corrected chi connectivity index (χ0v) is 16.5. The summed E-state index contributed by atoms with van der Waals surface area (Å²) >= 11 is 17.4. The zero-order valence-electron chi connectivity index (χ0n) is 14.2. The molecule has 144 valence electrons. The standard InChI is InChI=1S/C19H17Cl2F3N2S/c20-15-6-2-1-5-13(15)18(9-3-4-10-18)26-17(27)25-12-7-8-16(21)14(11-12)19(22,23)24/h1-2,5-8,11H,3-4,9-10H2,(H2,25,26,27). The molecule has 2 aromatic rings. The number of halogens is 5. The minimum Gasteiger partial charge on any atom is -0.353 e. The highest BCUT2D eigenvalue weighted by atomic mass is 35.5. The molecule has 27 heavy (non-hydrogen) atoms. The Labute approximate surface area is 171 Å². The molecule has 2 N–H and O–H groups in total. The van der Waals surface area contributed by atoms with Gasteiger partial charge in [0.25, 0.3) is 0 Å². The van der Waals surface area contributed by atoms with Crippen LogP contribution in [0, 0.1) is 0 Å². The number of hydrogen-bond acceptors (Lipinski definition) is 1. The Morgan fingerprint density at radius 3 is 2.30 bits per heavy atom. The maximum Gasteiger partial charge on any atom is 0.417 e. The molecule has 8 heteroatoms. The van der Waals surface area contributed by atoms with Gasteiger partial charge in [0.15, 0.2) is 5.11 Å². The summed E-state index contributed by atoms with van der Waals surface area (Å²) in [6.45, 7) is 0. The third kappa shape index (κ3) is 4.50. The van der Waals surface area contributed by atoms with E-state index < -0.39 is 17.3 Å². The summed E-state index contributed by atoms with van der Waals surface area (Å²) in [4.78, 5) is 0. The second-order valence-corrected chi connectivity index (χ2v) is 7.76. The fourth-order valence-electron chi connectivity index (χ4n) is 3.49. The van der Waals surface area contributed by atoms with Gasteiger partial charge in [-0.05, 0) is 54.9 Å². The molecule has 2 aromatic carbocycles. The van der Waals surface area contributed by atoms with Crippen molar-refractivity contribution < 1.29 is 13.2 Å². The average Bonchev–Trinajstić information content (AvgIpc) is 3.05. The zero-order chi connectivity index (χ0) is 19.7. The van der Waals surface area contributed by atoms with Gasteiger partial charge in [0, 0.05) is 10.7 Å². The number of alkyl halides is 3. The van der Waals surface area contributed by atoms with Crippen LogP contribution < -0.4 is 10.6 Å². The smallest absolute Gasteiger partial charge is 0.353 e. The summed E-state index contributed by atoms with van der Waals surface area (Å²) in [5.41, 5.74) is -0.169. The van der Waals surface area contributed by atoms with Gasteiger partial charge in [-0.25, -0.2) is 0 Å². The van der Waals surface area contributed by atoms with E-state index in [-0.39, 0.29) is 15.8 Å². The normalized spacial score (nSPS) is 16.2. The average molecular weight is 433 g/mol. The number of hydrogen-bond donors (Lipinski definition) is 2. The largest absolute Gasteiger partial charge is 0.417 e. The number of nitrogens with one attached hydrogen (secondary N) is 2. The van der Waals surface area contributed by atoms with Crippen LogP contribution in [0.25, 0.3) is 0 Å². The van der Waals surface area contributed by atoms with E-state index >= 15 is 0 Å². The van der Waals surface area contributed by atoms with E-state index in [4.69, 9.17) is 35.4 Å². The van der Waals surface area contributed by atoms with Crippen molar-refractivity contribution in [2.45, 2.75) is 37.4 Å². The monoisotopic (exact) mass is 432 g/mol. The van der Waals surface area contributed by atoms with Crippen molar-refractivity contribution in [3.63, 3.8) is 0 Å². The highest BCUT2D eigenvalue weighted by Gasteiger charge is 2.38. The van der Waals surface area contributed by atoms with Crippen LogP contribution in [0.5, 0.6) is 0 Å². The van der Waals surface area contributed by atoms with Crippen LogP contribution in [0.3, 0.4) is 0 Å². The summed E-state index contributed by atoms with van der Waals surface area (Å²) in [6, 6.07) is 11.2. The number of rotatable bonds is 3. The van der Waals surface area contributed by atoms with Crippen molar-refractivity contribution in [3.05, 3.63) is 63.6 Å². The predicted molar refractivity (Wildman–Crippen MR) is 107 cm³/mol. The molecular weight excluding hydrogens is 416 g/mol. The van der Waals surface area contributed by atoms with E-state index in [1.165, 1.54) is 12.1 Å². The first-order valence-corrected chi connectivity index (χ1v) is 9.59. The molecular formula is C19H17Cl2F3N2S. The van der Waals surface area contributed by atoms with E-state index in [0.29, 0.717) is 5.02 Å². The fourth-order valence-corrected chi connectivity index (χ4v) is 4.34. The van der Waals surface area contributed by atoms with E-state index in [9.17, 15) is 13.2 Å². The number of thiocarbonyl (C=S) groups is 1. The summed E-state index contributed by atoms with van der Waals surface area (Å²) in [6.07, 6.45) is -0.825. The molecule has 0 unspecified atom stereocenters. The van der Waals surface area contributed by atoms with Crippen molar-refractivity contribution in [2.24, 2.45) is 0 Å². The maximum atomic E-state index is 13.0. The Balaban J connectivity index is 1.81. The van der Waals surface area contributed by atoms with Gasteiger partial charge in [0.2, 0.25) is 0 Å². The van der Waals surface area contributed by atoms with Gasteiger partial charge in [0.05, 0.1) is 16.1 Å². The van der Waals surface area contributed by atoms with Crippen LogP contribution in [0.4, 0.5) is 18.9 Å². The highest BCUT2D eigenvalue weighted by molar-refractivity contribution is 7.80. The second kappa shape index (κ2) is 7.86. The van der Waals surface area contributed by atoms with Crippen LogP contribution in [0.2, 0.25) is 10.0 Å². The molecule has 0 aromatic heterocycles. The Kier molecular flexibility index (Phi) is 5.89. The lowest BCUT2D eigenvalue weighted by molar-refractivity contribution is -0.137. The van der Waals surface area contributed by atoms with Gasteiger partial charge in [-0.15, -0.1) is 0 Å². The van der Waals surface area contributed by atoms with Gasteiger partial charge in [0.1, 0.15) is 0 Å². The van der Waals surface area contributed by atoms with Crippen molar-refractivity contribution >= 4 is 46.2 Å². The predicted octanol–water partition coefficient (Wildman–Crippen LogP) is 6.77. The third-order valence-electron chi connectivity index (χ3n) is 4.73. The minimum absolute atomic E-state index is 0.219. The number of anilines is 1. The molecule has 0 saturated heterocycles. The molecule has 0 amide bonds. The first-order chi connectivity index (χ1) is 12.7. The first kappa shape index (κ1) is 20.2. The highest BCUT2D eigenvalue weighted by Crippen LogP contribution is 2.42. The van der Waals surface area contributed by atoms with Crippen molar-refractivity contribution in [2.75, 3.05) is 5.32 Å². The van der Waals surface area contributed by atoms with Gasteiger partial charge in [-0.2, -0.15) is 13.2 Å². The van der Waals surface area contributed by atoms with Crippen LogP contribution >= 0.6 is 35.4 Å². The number of benzene rings is 2. The SMILES string of the molecule is FC(F)(F)c1cc(NC(=S)NC2(c3ccccc3Cl)CCCC2)ccc1Cl. The summed E-state index contributed by atoms with van der Waals surface area (Å²) in [5, 5.41) is 6.66. The molecule has 2 nitrogen and oxygen atoms in total.